The van der Waals surface area contributed by atoms with Crippen LogP contribution >= 0.6 is 23.2 Å². The molecule has 1 unspecified atom stereocenters. The Labute approximate surface area is 86.8 Å². The summed E-state index contributed by atoms with van der Waals surface area (Å²) in [6.45, 7) is 0.459. The lowest BCUT2D eigenvalue weighted by Gasteiger charge is -2.27. The van der Waals surface area contributed by atoms with Crippen molar-refractivity contribution in [2.24, 2.45) is 0 Å². The third-order valence-electron chi connectivity index (χ3n) is 1.43. The van der Waals surface area contributed by atoms with Crippen LogP contribution in [0.2, 0.25) is 0 Å². The number of alkyl halides is 6. The van der Waals surface area contributed by atoms with Gasteiger partial charge in [-0.3, -0.25) is 4.79 Å². The molecule has 0 amide bonds. The first-order valence-electron chi connectivity index (χ1n) is 3.27. The molecule has 0 aromatic carbocycles. The van der Waals surface area contributed by atoms with Crippen molar-refractivity contribution in [3.05, 3.63) is 0 Å². The number of halogens is 6. The molecule has 0 radical (unpaired) electrons. The molecule has 0 aromatic rings. The number of ketones is 1. The van der Waals surface area contributed by atoms with Gasteiger partial charge in [0.1, 0.15) is 5.60 Å². The highest BCUT2D eigenvalue weighted by Crippen LogP contribution is 2.37. The molecule has 0 aliphatic rings. The topological polar surface area (TPSA) is 37.3 Å². The maximum atomic E-state index is 12.3. The van der Waals surface area contributed by atoms with E-state index in [0.29, 0.717) is 6.92 Å². The van der Waals surface area contributed by atoms with Crippen LogP contribution < -0.4 is 0 Å². The molecule has 0 saturated heterocycles. The van der Waals surface area contributed by atoms with Crippen LogP contribution in [0.5, 0.6) is 0 Å². The predicted molar refractivity (Wildman–Crippen MR) is 41.8 cm³/mol. The Balaban J connectivity index is 4.62. The Morgan fingerprint density at radius 1 is 1.29 bits per heavy atom. The van der Waals surface area contributed by atoms with Crippen LogP contribution in [0.3, 0.4) is 0 Å². The maximum Gasteiger partial charge on any atom is 0.380 e. The van der Waals surface area contributed by atoms with Crippen molar-refractivity contribution >= 4 is 29.0 Å². The van der Waals surface area contributed by atoms with Gasteiger partial charge in [0, 0.05) is 6.42 Å². The summed E-state index contributed by atoms with van der Waals surface area (Å²) in [6, 6.07) is 0. The fourth-order valence-corrected chi connectivity index (χ4v) is 0.647. The van der Waals surface area contributed by atoms with Crippen molar-refractivity contribution < 1.29 is 27.5 Å². The summed E-state index contributed by atoms with van der Waals surface area (Å²) in [4.78, 5) is 10.5. The normalized spacial score (nSPS) is 17.7. The lowest BCUT2D eigenvalue weighted by Crippen LogP contribution is -2.45. The van der Waals surface area contributed by atoms with Gasteiger partial charge in [-0.25, -0.2) is 0 Å². The summed E-state index contributed by atoms with van der Waals surface area (Å²) < 4.78 is 48.7. The van der Waals surface area contributed by atoms with E-state index in [1.807, 2.05) is 0 Å². The molecule has 0 heterocycles. The van der Waals surface area contributed by atoms with Crippen LogP contribution in [0.25, 0.3) is 0 Å². The summed E-state index contributed by atoms with van der Waals surface area (Å²) >= 11 is 8.65. The first-order chi connectivity index (χ1) is 5.88. The molecular weight excluding hydrogens is 251 g/mol. The van der Waals surface area contributed by atoms with E-state index in [1.54, 1.807) is 0 Å². The molecular formula is C6H6Cl2F4O2. The molecule has 14 heavy (non-hydrogen) atoms. The first kappa shape index (κ1) is 13.9. The Bertz CT molecular complexity index is 231. The first-order valence-corrected chi connectivity index (χ1v) is 4.02. The second kappa shape index (κ2) is 3.83. The van der Waals surface area contributed by atoms with Gasteiger partial charge in [0.2, 0.25) is 5.78 Å². The van der Waals surface area contributed by atoms with Crippen LogP contribution in [-0.4, -0.2) is 27.3 Å². The van der Waals surface area contributed by atoms with Crippen molar-refractivity contribution in [3.8, 4) is 0 Å². The number of carbonyl (C=O) groups excluding carboxylic acids is 1. The minimum atomic E-state index is -4.29. The number of rotatable bonds is 4. The second-order valence-electron chi connectivity index (χ2n) is 2.87. The average Bonchev–Trinajstić information content (AvgIpc) is 1.80. The van der Waals surface area contributed by atoms with Crippen LogP contribution in [-0.2, 0) is 4.79 Å². The molecule has 0 aliphatic heterocycles. The van der Waals surface area contributed by atoms with E-state index >= 15 is 0 Å². The quantitative estimate of drug-likeness (QED) is 0.620. The Hall–Kier alpha value is -0.0700. The Morgan fingerprint density at radius 3 is 1.86 bits per heavy atom. The minimum absolute atomic E-state index is 0.459. The largest absolute Gasteiger partial charge is 0.382 e. The summed E-state index contributed by atoms with van der Waals surface area (Å²) in [6.07, 6.45) is -1.54. The number of aliphatic hydroxyl groups is 1. The highest BCUT2D eigenvalue weighted by molar-refractivity contribution is 6.32. The van der Waals surface area contributed by atoms with E-state index in [0.717, 1.165) is 0 Å². The molecule has 8 heteroatoms. The monoisotopic (exact) mass is 256 g/mol. The number of hydrogen-bond acceptors (Lipinski definition) is 2. The molecule has 0 bridgehead atoms. The van der Waals surface area contributed by atoms with E-state index in [2.05, 4.69) is 23.2 Å². The molecule has 0 spiro atoms. The van der Waals surface area contributed by atoms with E-state index in [9.17, 15) is 22.4 Å². The number of Topliss-reactive ketones (excluding diaryl/α,β-unsaturated/α-hetero) is 1. The van der Waals surface area contributed by atoms with Crippen molar-refractivity contribution in [3.63, 3.8) is 0 Å². The smallest absolute Gasteiger partial charge is 0.380 e. The van der Waals surface area contributed by atoms with Gasteiger partial charge in [0.25, 0.3) is 0 Å². The zero-order valence-electron chi connectivity index (χ0n) is 6.83. The average molecular weight is 257 g/mol. The highest BCUT2D eigenvalue weighted by Gasteiger charge is 2.52. The molecule has 0 aromatic heterocycles. The third kappa shape index (κ3) is 3.59. The van der Waals surface area contributed by atoms with Crippen LogP contribution in [0.4, 0.5) is 17.6 Å². The summed E-state index contributed by atoms with van der Waals surface area (Å²) in [5.41, 5.74) is -3.07. The van der Waals surface area contributed by atoms with Gasteiger partial charge in [-0.1, -0.05) is 0 Å². The van der Waals surface area contributed by atoms with Gasteiger partial charge < -0.3 is 5.11 Å². The SMILES string of the molecule is CC(O)(CC(=O)C(F)(F)Cl)C(F)(F)Cl. The van der Waals surface area contributed by atoms with Crippen molar-refractivity contribution in [1.82, 2.24) is 0 Å². The number of hydrogen-bond donors (Lipinski definition) is 1. The summed E-state index contributed by atoms with van der Waals surface area (Å²) in [7, 11) is 0. The number of carbonyl (C=O) groups is 1. The fraction of sp³-hybridized carbons (Fsp3) is 0.833. The Morgan fingerprint density at radius 2 is 1.64 bits per heavy atom. The maximum absolute atomic E-state index is 12.3. The van der Waals surface area contributed by atoms with E-state index in [4.69, 9.17) is 5.11 Å². The molecule has 0 saturated carbocycles. The summed E-state index contributed by atoms with van der Waals surface area (Å²) in [5, 5.41) is 0.415. The van der Waals surface area contributed by atoms with Gasteiger partial charge in [-0.05, 0) is 30.1 Å². The molecule has 0 rings (SSSR count). The molecule has 0 aliphatic carbocycles. The van der Waals surface area contributed by atoms with E-state index in [-0.39, 0.29) is 0 Å². The minimum Gasteiger partial charge on any atom is -0.382 e. The Kier molecular flexibility index (Phi) is 3.81. The molecule has 1 N–H and O–H groups in total. The van der Waals surface area contributed by atoms with E-state index < -0.39 is 28.6 Å². The van der Waals surface area contributed by atoms with Crippen LogP contribution in [0, 0.1) is 0 Å². The van der Waals surface area contributed by atoms with Crippen molar-refractivity contribution in [2.45, 2.75) is 29.7 Å². The van der Waals surface area contributed by atoms with Crippen LogP contribution in [0.1, 0.15) is 13.3 Å². The fourth-order valence-electron chi connectivity index (χ4n) is 0.513. The highest BCUT2D eigenvalue weighted by atomic mass is 35.5. The second-order valence-corrected chi connectivity index (χ2v) is 3.82. The molecule has 1 atom stereocenters. The van der Waals surface area contributed by atoms with Crippen LogP contribution in [0.15, 0.2) is 0 Å². The molecule has 0 fully saturated rings. The van der Waals surface area contributed by atoms with Gasteiger partial charge in [-0.2, -0.15) is 17.6 Å². The lowest BCUT2D eigenvalue weighted by molar-refractivity contribution is -0.153. The van der Waals surface area contributed by atoms with Crippen molar-refractivity contribution in [1.29, 1.82) is 0 Å². The van der Waals surface area contributed by atoms with Gasteiger partial charge in [0.15, 0.2) is 0 Å². The third-order valence-corrected chi connectivity index (χ3v) is 2.05. The van der Waals surface area contributed by atoms with E-state index in [1.165, 1.54) is 0 Å². The zero-order chi connectivity index (χ0) is 11.8. The van der Waals surface area contributed by atoms with Crippen molar-refractivity contribution in [2.75, 3.05) is 0 Å². The van der Waals surface area contributed by atoms with Gasteiger partial charge >= 0.3 is 10.8 Å². The molecule has 2 nitrogen and oxygen atoms in total. The summed E-state index contributed by atoms with van der Waals surface area (Å²) in [5.74, 6) is -2.02. The zero-order valence-corrected chi connectivity index (χ0v) is 8.34. The molecule has 84 valence electrons. The lowest BCUT2D eigenvalue weighted by atomic mass is 10.00. The standard InChI is InChI=1S/C6H6Cl2F4O2/c1-4(14,6(8,11)12)2-3(13)5(7,9)10/h14H,2H2,1H3. The predicted octanol–water partition coefficient (Wildman–Crippen LogP) is 2.36. The van der Waals surface area contributed by atoms with Gasteiger partial charge in [0.05, 0.1) is 0 Å². The van der Waals surface area contributed by atoms with Gasteiger partial charge in [-0.15, -0.1) is 0 Å².